The van der Waals surface area contributed by atoms with E-state index in [0.717, 1.165) is 30.0 Å². The van der Waals surface area contributed by atoms with Crippen LogP contribution >= 0.6 is 0 Å². The number of ether oxygens (including phenoxy) is 1. The summed E-state index contributed by atoms with van der Waals surface area (Å²) in [5.41, 5.74) is 4.62. The van der Waals surface area contributed by atoms with Gasteiger partial charge in [0.15, 0.2) is 0 Å². The molecule has 0 amide bonds. The maximum atomic E-state index is 5.55. The van der Waals surface area contributed by atoms with E-state index in [-0.39, 0.29) is 6.04 Å². The first kappa shape index (κ1) is 15.5. The van der Waals surface area contributed by atoms with Crippen LogP contribution in [0.3, 0.4) is 0 Å². The molecule has 1 N–H and O–H groups in total. The maximum Gasteiger partial charge on any atom is 0.124 e. The number of benzene rings is 1. The summed E-state index contributed by atoms with van der Waals surface area (Å²) in [6, 6.07) is 10.5. The lowest BCUT2D eigenvalue weighted by atomic mass is 9.99. The molecule has 1 aromatic carbocycles. The topological polar surface area (TPSA) is 34.2 Å². The Bertz CT molecular complexity index is 596. The van der Waals surface area contributed by atoms with Crippen LogP contribution < -0.4 is 10.1 Å². The molecule has 1 heterocycles. The Kier molecular flexibility index (Phi) is 5.34. The van der Waals surface area contributed by atoms with Crippen LogP contribution in [-0.4, -0.2) is 18.6 Å². The predicted molar refractivity (Wildman–Crippen MR) is 86.8 cm³/mol. The molecule has 2 rings (SSSR count). The average Bonchev–Trinajstić information content (AvgIpc) is 2.48. The smallest absolute Gasteiger partial charge is 0.124 e. The molecule has 1 aromatic heterocycles. The van der Waals surface area contributed by atoms with Crippen molar-refractivity contribution < 1.29 is 4.74 Å². The van der Waals surface area contributed by atoms with Crippen molar-refractivity contribution in [3.8, 4) is 5.75 Å². The van der Waals surface area contributed by atoms with Crippen LogP contribution in [0.25, 0.3) is 0 Å². The first-order valence-corrected chi connectivity index (χ1v) is 7.46. The Balaban J connectivity index is 2.47. The Labute approximate surface area is 127 Å². The number of hydrogen-bond acceptors (Lipinski definition) is 3. The number of hydrogen-bond donors (Lipinski definition) is 1. The van der Waals surface area contributed by atoms with E-state index in [0.29, 0.717) is 0 Å². The summed E-state index contributed by atoms with van der Waals surface area (Å²) < 4.78 is 5.55. The highest BCUT2D eigenvalue weighted by atomic mass is 16.5. The van der Waals surface area contributed by atoms with Crippen molar-refractivity contribution in [1.29, 1.82) is 0 Å². The second-order valence-electron chi connectivity index (χ2n) is 5.39. The fourth-order valence-electron chi connectivity index (χ4n) is 2.46. The molecule has 3 heteroatoms. The van der Waals surface area contributed by atoms with Gasteiger partial charge < -0.3 is 10.1 Å². The minimum Gasteiger partial charge on any atom is -0.496 e. The van der Waals surface area contributed by atoms with Crippen molar-refractivity contribution in [2.45, 2.75) is 33.2 Å². The van der Waals surface area contributed by atoms with E-state index in [4.69, 9.17) is 4.74 Å². The molecule has 21 heavy (non-hydrogen) atoms. The van der Waals surface area contributed by atoms with E-state index < -0.39 is 0 Å². The van der Waals surface area contributed by atoms with Gasteiger partial charge in [-0.2, -0.15) is 0 Å². The van der Waals surface area contributed by atoms with Gasteiger partial charge in [-0.15, -0.1) is 0 Å². The summed E-state index contributed by atoms with van der Waals surface area (Å²) in [6.07, 6.45) is 2.95. The molecule has 0 bridgehead atoms. The third-order valence-electron chi connectivity index (χ3n) is 3.53. The van der Waals surface area contributed by atoms with Gasteiger partial charge in [-0.25, -0.2) is 0 Å². The molecule has 3 nitrogen and oxygen atoms in total. The summed E-state index contributed by atoms with van der Waals surface area (Å²) >= 11 is 0. The van der Waals surface area contributed by atoms with Gasteiger partial charge in [-0.3, -0.25) is 4.98 Å². The van der Waals surface area contributed by atoms with Crippen molar-refractivity contribution in [2.75, 3.05) is 13.7 Å². The lowest BCUT2D eigenvalue weighted by Crippen LogP contribution is -2.24. The molecule has 0 saturated heterocycles. The number of rotatable bonds is 6. The molecule has 2 aromatic rings. The molecule has 0 aliphatic heterocycles. The number of methoxy groups -OCH3 is 1. The van der Waals surface area contributed by atoms with E-state index in [1.165, 1.54) is 11.1 Å². The molecule has 112 valence electrons. The molecule has 1 unspecified atom stereocenters. The number of aryl methyl sites for hydroxylation is 2. The van der Waals surface area contributed by atoms with Gasteiger partial charge >= 0.3 is 0 Å². The quantitative estimate of drug-likeness (QED) is 0.876. The van der Waals surface area contributed by atoms with Gasteiger partial charge in [-0.05, 0) is 50.6 Å². The van der Waals surface area contributed by atoms with Crippen LogP contribution in [0.5, 0.6) is 5.75 Å². The minimum absolute atomic E-state index is 0.0553. The fraction of sp³-hybridized carbons (Fsp3) is 0.389. The molecular formula is C18H24N2O. The zero-order valence-corrected chi connectivity index (χ0v) is 13.3. The van der Waals surface area contributed by atoms with Crippen LogP contribution in [0.2, 0.25) is 0 Å². The minimum atomic E-state index is 0.0553. The SMILES string of the molecule is CCCNC(c1cc(C)ccn1)c1cc(C)ccc1OC. The summed E-state index contributed by atoms with van der Waals surface area (Å²) in [6.45, 7) is 7.30. The van der Waals surface area contributed by atoms with Gasteiger partial charge in [-0.1, -0.05) is 24.6 Å². The van der Waals surface area contributed by atoms with Crippen LogP contribution in [0.1, 0.15) is 41.8 Å². The van der Waals surface area contributed by atoms with Crippen molar-refractivity contribution in [2.24, 2.45) is 0 Å². The van der Waals surface area contributed by atoms with Gasteiger partial charge in [0.25, 0.3) is 0 Å². The second kappa shape index (κ2) is 7.23. The van der Waals surface area contributed by atoms with E-state index in [1.54, 1.807) is 7.11 Å². The third kappa shape index (κ3) is 3.82. The Morgan fingerprint density at radius 1 is 1.14 bits per heavy atom. The normalized spacial score (nSPS) is 12.2. The number of pyridine rings is 1. The zero-order valence-electron chi connectivity index (χ0n) is 13.3. The molecule has 0 saturated carbocycles. The summed E-state index contributed by atoms with van der Waals surface area (Å²) in [7, 11) is 1.72. The highest BCUT2D eigenvalue weighted by Gasteiger charge is 2.19. The van der Waals surface area contributed by atoms with E-state index >= 15 is 0 Å². The highest BCUT2D eigenvalue weighted by molar-refractivity contribution is 5.42. The molecule has 0 aliphatic rings. The highest BCUT2D eigenvalue weighted by Crippen LogP contribution is 2.30. The molecule has 0 spiro atoms. The van der Waals surface area contributed by atoms with Crippen LogP contribution in [0, 0.1) is 13.8 Å². The first-order chi connectivity index (χ1) is 10.2. The zero-order chi connectivity index (χ0) is 15.2. The predicted octanol–water partition coefficient (Wildman–Crippen LogP) is 3.80. The van der Waals surface area contributed by atoms with E-state index in [9.17, 15) is 0 Å². The monoisotopic (exact) mass is 284 g/mol. The van der Waals surface area contributed by atoms with Crippen molar-refractivity contribution >= 4 is 0 Å². The third-order valence-corrected chi connectivity index (χ3v) is 3.53. The van der Waals surface area contributed by atoms with Gasteiger partial charge in [0, 0.05) is 11.8 Å². The van der Waals surface area contributed by atoms with Gasteiger partial charge in [0.2, 0.25) is 0 Å². The van der Waals surface area contributed by atoms with Crippen LogP contribution in [0.15, 0.2) is 36.5 Å². The first-order valence-electron chi connectivity index (χ1n) is 7.46. The molecule has 1 atom stereocenters. The van der Waals surface area contributed by atoms with Crippen molar-refractivity contribution in [3.63, 3.8) is 0 Å². The largest absolute Gasteiger partial charge is 0.496 e. The second-order valence-corrected chi connectivity index (χ2v) is 5.39. The van der Waals surface area contributed by atoms with Gasteiger partial charge in [0.1, 0.15) is 5.75 Å². The van der Waals surface area contributed by atoms with Crippen LogP contribution in [0.4, 0.5) is 0 Å². The Hall–Kier alpha value is -1.87. The summed E-state index contributed by atoms with van der Waals surface area (Å²) in [5.74, 6) is 0.900. The fourth-order valence-corrected chi connectivity index (χ4v) is 2.46. The number of aromatic nitrogens is 1. The molecule has 0 radical (unpaired) electrons. The number of nitrogens with zero attached hydrogens (tertiary/aromatic N) is 1. The van der Waals surface area contributed by atoms with Gasteiger partial charge in [0.05, 0.1) is 18.8 Å². The molecular weight excluding hydrogens is 260 g/mol. The van der Waals surface area contributed by atoms with E-state index in [1.807, 2.05) is 18.3 Å². The van der Waals surface area contributed by atoms with Crippen molar-refractivity contribution in [3.05, 3.63) is 58.9 Å². The Morgan fingerprint density at radius 2 is 1.90 bits per heavy atom. The number of nitrogens with one attached hydrogen (secondary N) is 1. The van der Waals surface area contributed by atoms with Crippen LogP contribution in [-0.2, 0) is 0 Å². The Morgan fingerprint density at radius 3 is 2.57 bits per heavy atom. The maximum absolute atomic E-state index is 5.55. The lowest BCUT2D eigenvalue weighted by molar-refractivity contribution is 0.403. The molecule has 0 fully saturated rings. The van der Waals surface area contributed by atoms with Crippen molar-refractivity contribution in [1.82, 2.24) is 10.3 Å². The summed E-state index contributed by atoms with van der Waals surface area (Å²) in [5, 5.41) is 3.59. The average molecular weight is 284 g/mol. The molecule has 0 aliphatic carbocycles. The summed E-state index contributed by atoms with van der Waals surface area (Å²) in [4.78, 5) is 4.56. The van der Waals surface area contributed by atoms with E-state index in [2.05, 4.69) is 49.3 Å². The lowest BCUT2D eigenvalue weighted by Gasteiger charge is -2.21. The standard InChI is InChI=1S/C18H24N2O/c1-5-9-20-18(16-12-14(3)8-10-19-16)15-11-13(2)6-7-17(15)21-4/h6-8,10-12,18,20H,5,9H2,1-4H3.